The van der Waals surface area contributed by atoms with E-state index in [0.29, 0.717) is 5.92 Å². The Morgan fingerprint density at radius 1 is 1.33 bits per heavy atom. The Labute approximate surface area is 90.6 Å². The van der Waals surface area contributed by atoms with E-state index in [2.05, 4.69) is 29.0 Å². The van der Waals surface area contributed by atoms with E-state index in [1.165, 1.54) is 25.0 Å². The first-order valence-corrected chi connectivity index (χ1v) is 5.98. The fourth-order valence-electron chi connectivity index (χ4n) is 3.19. The molecule has 80 valence electrons. The normalized spacial score (nSPS) is 34.3. The molecule has 0 saturated heterocycles. The van der Waals surface area contributed by atoms with Crippen molar-refractivity contribution in [2.45, 2.75) is 44.2 Å². The summed E-state index contributed by atoms with van der Waals surface area (Å²) in [6, 6.07) is 6.29. The minimum absolute atomic E-state index is 0.403. The lowest BCUT2D eigenvalue weighted by molar-refractivity contribution is -0.721. The highest BCUT2D eigenvalue weighted by Gasteiger charge is 2.46. The van der Waals surface area contributed by atoms with Crippen LogP contribution in [0.4, 0.5) is 0 Å². The van der Waals surface area contributed by atoms with Crippen molar-refractivity contribution in [3.8, 4) is 0 Å². The number of rotatable bonds is 0. The second-order valence-corrected chi connectivity index (χ2v) is 5.07. The van der Waals surface area contributed by atoms with E-state index in [4.69, 9.17) is 0 Å². The van der Waals surface area contributed by atoms with Gasteiger partial charge >= 0.3 is 0 Å². The first kappa shape index (κ1) is 9.34. The van der Waals surface area contributed by atoms with Crippen LogP contribution in [0, 0.1) is 5.92 Å². The first-order chi connectivity index (χ1) is 7.28. The van der Waals surface area contributed by atoms with Gasteiger partial charge in [-0.15, -0.1) is 0 Å². The molecule has 2 heterocycles. The smallest absolute Gasteiger partial charge is 0.184 e. The highest BCUT2D eigenvalue weighted by Crippen LogP contribution is 2.38. The number of pyridine rings is 1. The lowest BCUT2D eigenvalue weighted by Crippen LogP contribution is -2.58. The maximum atomic E-state index is 10.6. The third-order valence-corrected chi connectivity index (χ3v) is 4.11. The van der Waals surface area contributed by atoms with Crippen molar-refractivity contribution in [3.63, 3.8) is 0 Å². The Morgan fingerprint density at radius 3 is 3.20 bits per heavy atom. The van der Waals surface area contributed by atoms with Gasteiger partial charge in [0.25, 0.3) is 0 Å². The van der Waals surface area contributed by atoms with Crippen LogP contribution in [-0.4, -0.2) is 10.7 Å². The lowest BCUT2D eigenvalue weighted by atomic mass is 9.71. The van der Waals surface area contributed by atoms with Gasteiger partial charge in [0.2, 0.25) is 0 Å². The number of fused-ring (bicyclic) bond motifs is 2. The summed E-state index contributed by atoms with van der Waals surface area (Å²) in [6.07, 6.45) is 7.65. The van der Waals surface area contributed by atoms with Gasteiger partial charge in [0.15, 0.2) is 18.4 Å². The second-order valence-electron chi connectivity index (χ2n) is 5.07. The Kier molecular flexibility index (Phi) is 2.06. The summed E-state index contributed by atoms with van der Waals surface area (Å²) in [5.41, 5.74) is 0.887. The largest absolute Gasteiger partial charge is 0.389 e. The second kappa shape index (κ2) is 3.31. The van der Waals surface area contributed by atoms with E-state index < -0.39 is 5.60 Å². The number of aromatic nitrogens is 1. The predicted molar refractivity (Wildman–Crippen MR) is 57.2 cm³/mol. The van der Waals surface area contributed by atoms with Gasteiger partial charge in [-0.05, 0) is 12.8 Å². The van der Waals surface area contributed by atoms with Gasteiger partial charge in [-0.3, -0.25) is 0 Å². The van der Waals surface area contributed by atoms with E-state index in [1.807, 2.05) is 0 Å². The lowest BCUT2D eigenvalue weighted by Gasteiger charge is -2.40. The van der Waals surface area contributed by atoms with Crippen LogP contribution in [0.25, 0.3) is 0 Å². The van der Waals surface area contributed by atoms with Gasteiger partial charge < -0.3 is 5.11 Å². The molecule has 2 heteroatoms. The fourth-order valence-corrected chi connectivity index (χ4v) is 3.19. The number of hydrogen-bond acceptors (Lipinski definition) is 1. The molecule has 0 bridgehead atoms. The van der Waals surface area contributed by atoms with Crippen LogP contribution in [0.2, 0.25) is 0 Å². The molecule has 1 aliphatic heterocycles. The van der Waals surface area contributed by atoms with Gasteiger partial charge in [0.1, 0.15) is 0 Å². The van der Waals surface area contributed by atoms with Crippen molar-refractivity contribution < 1.29 is 9.67 Å². The number of hydrogen-bond donors (Lipinski definition) is 1. The summed E-state index contributed by atoms with van der Waals surface area (Å²) in [4.78, 5) is 0. The molecule has 0 spiro atoms. The maximum Gasteiger partial charge on any atom is 0.184 e. The summed E-state index contributed by atoms with van der Waals surface area (Å²) in [5, 5.41) is 10.6. The Balaban J connectivity index is 1.98. The standard InChI is InChI=1S/C13H18NO/c15-13-7-3-1-5-11(13)10-14-8-4-2-6-12(14)9-13/h2,4,6,8,11,15H,1,3,5,7,9-10H2/q+1/t11-,13+/m0/s1. The number of nitrogens with zero attached hydrogens (tertiary/aromatic N) is 1. The average Bonchev–Trinajstić information content (AvgIpc) is 2.25. The first-order valence-electron chi connectivity index (χ1n) is 5.98. The van der Waals surface area contributed by atoms with Crippen molar-refractivity contribution in [1.29, 1.82) is 0 Å². The molecule has 1 N–H and O–H groups in total. The van der Waals surface area contributed by atoms with Gasteiger partial charge in [-0.2, -0.15) is 0 Å². The SMILES string of the molecule is O[C@@]12CCCC[C@H]1C[n+]1ccccc1C2. The average molecular weight is 204 g/mol. The Hall–Kier alpha value is -0.890. The third-order valence-electron chi connectivity index (χ3n) is 4.11. The van der Waals surface area contributed by atoms with Gasteiger partial charge in [-0.25, -0.2) is 4.57 Å². The summed E-state index contributed by atoms with van der Waals surface area (Å²) >= 11 is 0. The molecule has 0 radical (unpaired) electrons. The monoisotopic (exact) mass is 204 g/mol. The van der Waals surface area contributed by atoms with E-state index in [-0.39, 0.29) is 0 Å². The van der Waals surface area contributed by atoms with Crippen LogP contribution >= 0.6 is 0 Å². The zero-order chi connectivity index (χ0) is 10.3. The molecule has 0 amide bonds. The van der Waals surface area contributed by atoms with Crippen LogP contribution < -0.4 is 4.57 Å². The molecule has 1 aromatic rings. The van der Waals surface area contributed by atoms with Crippen LogP contribution in [0.1, 0.15) is 31.4 Å². The van der Waals surface area contributed by atoms with Crippen molar-refractivity contribution in [1.82, 2.24) is 0 Å². The van der Waals surface area contributed by atoms with Crippen LogP contribution in [0.15, 0.2) is 24.4 Å². The molecule has 2 atom stereocenters. The molecule has 3 rings (SSSR count). The zero-order valence-corrected chi connectivity index (χ0v) is 9.02. The summed E-state index contributed by atoms with van der Waals surface area (Å²) in [6.45, 7) is 1.01. The zero-order valence-electron chi connectivity index (χ0n) is 9.02. The van der Waals surface area contributed by atoms with Gasteiger partial charge in [-0.1, -0.05) is 18.9 Å². The maximum absolute atomic E-state index is 10.6. The minimum atomic E-state index is -0.403. The van der Waals surface area contributed by atoms with Crippen molar-refractivity contribution in [2.24, 2.45) is 5.92 Å². The molecule has 1 aromatic heterocycles. The van der Waals surface area contributed by atoms with E-state index >= 15 is 0 Å². The molecule has 2 aliphatic rings. The van der Waals surface area contributed by atoms with Gasteiger partial charge in [0.05, 0.1) is 12.0 Å². The molecule has 1 fully saturated rings. The van der Waals surface area contributed by atoms with Gasteiger partial charge in [0, 0.05) is 18.1 Å². The summed E-state index contributed by atoms with van der Waals surface area (Å²) in [5.74, 6) is 0.478. The van der Waals surface area contributed by atoms with E-state index in [9.17, 15) is 5.11 Å². The molecular weight excluding hydrogens is 186 g/mol. The quantitative estimate of drug-likeness (QED) is 0.635. The third kappa shape index (κ3) is 1.48. The molecule has 0 aromatic carbocycles. The topological polar surface area (TPSA) is 24.1 Å². The van der Waals surface area contributed by atoms with Crippen LogP contribution in [0.5, 0.6) is 0 Å². The van der Waals surface area contributed by atoms with Crippen LogP contribution in [0.3, 0.4) is 0 Å². The highest BCUT2D eigenvalue weighted by molar-refractivity contribution is 5.06. The van der Waals surface area contributed by atoms with Crippen molar-refractivity contribution in [2.75, 3.05) is 0 Å². The minimum Gasteiger partial charge on any atom is -0.389 e. The fraction of sp³-hybridized carbons (Fsp3) is 0.615. The molecule has 1 saturated carbocycles. The van der Waals surface area contributed by atoms with E-state index in [0.717, 1.165) is 19.4 Å². The van der Waals surface area contributed by atoms with Crippen molar-refractivity contribution in [3.05, 3.63) is 30.1 Å². The van der Waals surface area contributed by atoms with E-state index in [1.54, 1.807) is 0 Å². The highest BCUT2D eigenvalue weighted by atomic mass is 16.3. The predicted octanol–water partition coefficient (Wildman–Crippen LogP) is 1.45. The Bertz CT molecular complexity index is 377. The summed E-state index contributed by atoms with van der Waals surface area (Å²) < 4.78 is 2.31. The molecular formula is C13H18NO+. The summed E-state index contributed by atoms with van der Waals surface area (Å²) in [7, 11) is 0. The Morgan fingerprint density at radius 2 is 2.27 bits per heavy atom. The van der Waals surface area contributed by atoms with Crippen LogP contribution in [-0.2, 0) is 13.0 Å². The van der Waals surface area contributed by atoms with Crippen molar-refractivity contribution >= 4 is 0 Å². The number of aliphatic hydroxyl groups is 1. The molecule has 0 unspecified atom stereocenters. The molecule has 2 nitrogen and oxygen atoms in total. The molecule has 1 aliphatic carbocycles. The molecule has 15 heavy (non-hydrogen) atoms.